The summed E-state index contributed by atoms with van der Waals surface area (Å²) >= 11 is 2.82. The molecule has 0 aliphatic carbocycles. The molecule has 2 aromatic heterocycles. The van der Waals surface area contributed by atoms with Crippen LogP contribution in [0, 0.1) is 6.92 Å². The zero-order valence-corrected chi connectivity index (χ0v) is 14.6. The molecule has 1 aliphatic heterocycles. The summed E-state index contributed by atoms with van der Waals surface area (Å²) in [5.41, 5.74) is 2.98. The minimum atomic E-state index is 0.172. The molecule has 0 saturated carbocycles. The van der Waals surface area contributed by atoms with E-state index >= 15 is 0 Å². The van der Waals surface area contributed by atoms with Gasteiger partial charge in [-0.05, 0) is 19.1 Å². The first kappa shape index (κ1) is 15.0. The molecule has 8 heteroatoms. The van der Waals surface area contributed by atoms with Crippen molar-refractivity contribution >= 4 is 51.4 Å². The van der Waals surface area contributed by atoms with Gasteiger partial charge in [-0.25, -0.2) is 0 Å². The van der Waals surface area contributed by atoms with Crippen LogP contribution in [-0.2, 0) is 7.05 Å². The summed E-state index contributed by atoms with van der Waals surface area (Å²) in [5, 5.41) is 19.8. The number of fused-ring (bicyclic) bond motifs is 1. The van der Waals surface area contributed by atoms with Crippen LogP contribution in [0.5, 0.6) is 5.88 Å². The fraction of sp³-hybridized carbons (Fsp3) is 0.125. The van der Waals surface area contributed by atoms with Crippen molar-refractivity contribution in [2.45, 2.75) is 6.92 Å². The number of nitrogens with zero attached hydrogens (tertiary/aromatic N) is 5. The lowest BCUT2D eigenvalue weighted by Crippen LogP contribution is -2.08. The van der Waals surface area contributed by atoms with Gasteiger partial charge in [-0.15, -0.1) is 10.2 Å². The standard InChI is InChI=1S/C16H13N5OS2/c1-9-19-20-15(23-9)18-16-21(2)14(22)13(24-16)7-10-8-17-12-6-4-3-5-11(10)12/h3-8,22H,1-2H3/b10-7+,18-16+. The maximum atomic E-state index is 10.4. The van der Waals surface area contributed by atoms with Crippen LogP contribution in [0.15, 0.2) is 34.3 Å². The number of rotatable bonds is 2. The topological polar surface area (TPSA) is 75.7 Å². The largest absolute Gasteiger partial charge is 0.493 e. The summed E-state index contributed by atoms with van der Waals surface area (Å²) in [6, 6.07) is 7.94. The zero-order chi connectivity index (χ0) is 16.7. The average molecular weight is 355 g/mol. The van der Waals surface area contributed by atoms with Crippen molar-refractivity contribution in [1.29, 1.82) is 0 Å². The van der Waals surface area contributed by atoms with E-state index in [-0.39, 0.29) is 5.88 Å². The van der Waals surface area contributed by atoms with E-state index in [2.05, 4.69) is 20.2 Å². The predicted molar refractivity (Wildman–Crippen MR) is 97.3 cm³/mol. The third kappa shape index (κ3) is 2.59. The van der Waals surface area contributed by atoms with Gasteiger partial charge in [0.1, 0.15) is 5.01 Å². The highest BCUT2D eigenvalue weighted by molar-refractivity contribution is 7.15. The van der Waals surface area contributed by atoms with Crippen LogP contribution in [0.4, 0.5) is 10.8 Å². The summed E-state index contributed by atoms with van der Waals surface area (Å²) in [5.74, 6) is 0.172. The van der Waals surface area contributed by atoms with Crippen molar-refractivity contribution in [3.8, 4) is 5.88 Å². The van der Waals surface area contributed by atoms with E-state index in [0.29, 0.717) is 9.93 Å². The zero-order valence-electron chi connectivity index (χ0n) is 13.0. The van der Waals surface area contributed by atoms with Crippen LogP contribution in [0.1, 0.15) is 15.4 Å². The molecule has 0 bridgehead atoms. The molecule has 120 valence electrons. The third-order valence-electron chi connectivity index (χ3n) is 3.58. The Kier molecular flexibility index (Phi) is 3.62. The number of thiazole rings is 1. The molecule has 1 aliphatic rings. The van der Waals surface area contributed by atoms with Gasteiger partial charge < -0.3 is 5.11 Å². The smallest absolute Gasteiger partial charge is 0.234 e. The molecule has 24 heavy (non-hydrogen) atoms. The number of aromatic hydroxyl groups is 1. The van der Waals surface area contributed by atoms with Crippen molar-refractivity contribution < 1.29 is 5.11 Å². The second kappa shape index (κ2) is 5.81. The second-order valence-electron chi connectivity index (χ2n) is 5.22. The number of hydrogen-bond donors (Lipinski definition) is 1. The molecule has 3 aromatic rings. The molecule has 0 atom stereocenters. The summed E-state index contributed by atoms with van der Waals surface area (Å²) in [6.07, 6.45) is 3.74. The van der Waals surface area contributed by atoms with E-state index in [1.165, 1.54) is 22.7 Å². The first-order valence-corrected chi connectivity index (χ1v) is 8.84. The normalized spacial score (nSPS) is 15.4. The minimum absolute atomic E-state index is 0.172. The highest BCUT2D eigenvalue weighted by Crippen LogP contribution is 2.34. The third-order valence-corrected chi connectivity index (χ3v) is 5.38. The first-order valence-electron chi connectivity index (χ1n) is 7.20. The molecule has 0 spiro atoms. The van der Waals surface area contributed by atoms with E-state index in [0.717, 1.165) is 26.7 Å². The van der Waals surface area contributed by atoms with E-state index < -0.39 is 0 Å². The Hall–Kier alpha value is -2.58. The fourth-order valence-corrected chi connectivity index (χ4v) is 3.95. The van der Waals surface area contributed by atoms with Crippen LogP contribution >= 0.6 is 22.7 Å². The summed E-state index contributed by atoms with van der Waals surface area (Å²) in [6.45, 7) is 1.88. The quantitative estimate of drug-likeness (QED) is 0.765. The Balaban J connectivity index is 1.79. The Morgan fingerprint density at radius 3 is 2.83 bits per heavy atom. The molecule has 1 aromatic carbocycles. The van der Waals surface area contributed by atoms with Gasteiger partial charge in [-0.3, -0.25) is 9.56 Å². The SMILES string of the molecule is Cc1nnc(/N=c2/sc(/C=C3\C=Nc4ccccc43)c(O)n2C)s1. The molecule has 0 saturated heterocycles. The monoisotopic (exact) mass is 355 g/mol. The van der Waals surface area contributed by atoms with Crippen LogP contribution in [0.2, 0.25) is 0 Å². The highest BCUT2D eigenvalue weighted by Gasteiger charge is 2.14. The molecular formula is C16H13N5OS2. The number of aliphatic imine (C=N–C) groups is 1. The molecule has 6 nitrogen and oxygen atoms in total. The van der Waals surface area contributed by atoms with Crippen LogP contribution in [-0.4, -0.2) is 26.1 Å². The first-order chi connectivity index (χ1) is 11.6. The van der Waals surface area contributed by atoms with Crippen molar-refractivity contribution in [2.75, 3.05) is 0 Å². The average Bonchev–Trinajstić information content (AvgIpc) is 3.24. The minimum Gasteiger partial charge on any atom is -0.493 e. The van der Waals surface area contributed by atoms with Gasteiger partial charge in [0, 0.05) is 24.4 Å². The maximum Gasteiger partial charge on any atom is 0.234 e. The van der Waals surface area contributed by atoms with E-state index in [1.54, 1.807) is 11.6 Å². The van der Waals surface area contributed by atoms with Gasteiger partial charge in [0.25, 0.3) is 0 Å². The van der Waals surface area contributed by atoms with Gasteiger partial charge in [-0.2, -0.15) is 4.99 Å². The van der Waals surface area contributed by atoms with Crippen LogP contribution in [0.25, 0.3) is 11.6 Å². The lowest BCUT2D eigenvalue weighted by Gasteiger charge is -1.98. The number of aromatic nitrogens is 3. The number of allylic oxidation sites excluding steroid dienone is 1. The molecule has 4 rings (SSSR count). The lowest BCUT2D eigenvalue weighted by molar-refractivity contribution is 0.427. The van der Waals surface area contributed by atoms with E-state index in [9.17, 15) is 5.11 Å². The number of benzene rings is 1. The van der Waals surface area contributed by atoms with Crippen molar-refractivity contribution in [2.24, 2.45) is 17.0 Å². The molecule has 3 heterocycles. The van der Waals surface area contributed by atoms with E-state index in [4.69, 9.17) is 0 Å². The van der Waals surface area contributed by atoms with Gasteiger partial charge in [0.05, 0.1) is 10.6 Å². The van der Waals surface area contributed by atoms with Crippen molar-refractivity contribution in [3.63, 3.8) is 0 Å². The number of aryl methyl sites for hydroxylation is 1. The second-order valence-corrected chi connectivity index (χ2v) is 7.39. The van der Waals surface area contributed by atoms with E-state index in [1.807, 2.05) is 43.5 Å². The number of para-hydroxylation sites is 1. The molecule has 0 amide bonds. The Morgan fingerprint density at radius 2 is 2.04 bits per heavy atom. The molecule has 0 radical (unpaired) electrons. The molecule has 1 N–H and O–H groups in total. The fourth-order valence-electron chi connectivity index (χ4n) is 2.37. The summed E-state index contributed by atoms with van der Waals surface area (Å²) < 4.78 is 1.64. The predicted octanol–water partition coefficient (Wildman–Crippen LogP) is 3.44. The Morgan fingerprint density at radius 1 is 1.21 bits per heavy atom. The van der Waals surface area contributed by atoms with Crippen LogP contribution < -0.4 is 4.80 Å². The molecule has 0 unspecified atom stereocenters. The van der Waals surface area contributed by atoms with Crippen molar-refractivity contribution in [1.82, 2.24) is 14.8 Å². The van der Waals surface area contributed by atoms with Gasteiger partial charge in [0.2, 0.25) is 11.0 Å². The lowest BCUT2D eigenvalue weighted by atomic mass is 10.1. The van der Waals surface area contributed by atoms with Crippen molar-refractivity contribution in [3.05, 3.63) is 44.5 Å². The summed E-state index contributed by atoms with van der Waals surface area (Å²) in [7, 11) is 1.78. The Labute approximate surface area is 145 Å². The highest BCUT2D eigenvalue weighted by atomic mass is 32.1. The van der Waals surface area contributed by atoms with Gasteiger partial charge in [-0.1, -0.05) is 40.9 Å². The summed E-state index contributed by atoms with van der Waals surface area (Å²) in [4.78, 5) is 10.3. The molecule has 0 fully saturated rings. The number of hydrogen-bond acceptors (Lipinski definition) is 7. The molecular weight excluding hydrogens is 342 g/mol. The van der Waals surface area contributed by atoms with Crippen LogP contribution in [0.3, 0.4) is 0 Å². The maximum absolute atomic E-state index is 10.4. The van der Waals surface area contributed by atoms with Gasteiger partial charge >= 0.3 is 0 Å². The van der Waals surface area contributed by atoms with Gasteiger partial charge in [0.15, 0.2) is 4.80 Å². The Bertz CT molecular complexity index is 1050.